The molecule has 2 fully saturated rings. The molecular formula is C19H21N3O. The molecule has 118 valence electrons. The van der Waals surface area contributed by atoms with Crippen molar-refractivity contribution in [1.29, 1.82) is 0 Å². The molecule has 1 aromatic carbocycles. The highest BCUT2D eigenvalue weighted by atomic mass is 16.2. The van der Waals surface area contributed by atoms with E-state index in [9.17, 15) is 4.79 Å². The Hall–Kier alpha value is -2.20. The van der Waals surface area contributed by atoms with Crippen LogP contribution in [0.25, 0.3) is 0 Å². The Morgan fingerprint density at radius 1 is 1.17 bits per heavy atom. The Morgan fingerprint density at radius 3 is 2.65 bits per heavy atom. The van der Waals surface area contributed by atoms with Crippen molar-refractivity contribution < 1.29 is 4.79 Å². The summed E-state index contributed by atoms with van der Waals surface area (Å²) in [6.45, 7) is 3.44. The maximum Gasteiger partial charge on any atom is 0.228 e. The number of aromatic nitrogens is 1. The van der Waals surface area contributed by atoms with Gasteiger partial charge >= 0.3 is 0 Å². The predicted molar refractivity (Wildman–Crippen MR) is 88.8 cm³/mol. The molecule has 0 saturated carbocycles. The van der Waals surface area contributed by atoms with Crippen LogP contribution in [0.15, 0.2) is 54.9 Å². The van der Waals surface area contributed by atoms with Crippen molar-refractivity contribution in [3.8, 4) is 0 Å². The molecular weight excluding hydrogens is 286 g/mol. The first-order chi connectivity index (χ1) is 11.3. The molecule has 2 aliphatic heterocycles. The molecule has 2 atom stereocenters. The van der Waals surface area contributed by atoms with Crippen LogP contribution in [0.4, 0.5) is 0 Å². The van der Waals surface area contributed by atoms with Crippen LogP contribution in [0.3, 0.4) is 0 Å². The largest absolute Gasteiger partial charge is 0.356 e. The van der Waals surface area contributed by atoms with E-state index in [-0.39, 0.29) is 17.2 Å². The van der Waals surface area contributed by atoms with E-state index in [0.717, 1.165) is 32.6 Å². The van der Waals surface area contributed by atoms with Crippen LogP contribution in [-0.4, -0.2) is 35.4 Å². The lowest BCUT2D eigenvalue weighted by atomic mass is 9.73. The molecule has 1 spiro atoms. The van der Waals surface area contributed by atoms with E-state index in [2.05, 4.69) is 51.6 Å². The molecule has 1 aromatic heterocycles. The highest BCUT2D eigenvalue weighted by Crippen LogP contribution is 2.47. The van der Waals surface area contributed by atoms with Gasteiger partial charge in [0.25, 0.3) is 0 Å². The van der Waals surface area contributed by atoms with E-state index in [1.165, 1.54) is 11.1 Å². The second-order valence-corrected chi connectivity index (χ2v) is 6.65. The second-order valence-electron chi connectivity index (χ2n) is 6.65. The molecule has 1 amide bonds. The zero-order chi connectivity index (χ0) is 15.7. The lowest BCUT2D eigenvalue weighted by Gasteiger charge is -2.27. The minimum atomic E-state index is -0.269. The Balaban J connectivity index is 1.63. The van der Waals surface area contributed by atoms with E-state index in [1.54, 1.807) is 0 Å². The van der Waals surface area contributed by atoms with Crippen molar-refractivity contribution in [3.05, 3.63) is 66.0 Å². The van der Waals surface area contributed by atoms with Crippen molar-refractivity contribution in [1.82, 2.24) is 15.2 Å². The fourth-order valence-corrected chi connectivity index (χ4v) is 4.16. The normalized spacial score (nSPS) is 27.5. The van der Waals surface area contributed by atoms with E-state index in [4.69, 9.17) is 0 Å². The maximum atomic E-state index is 12.6. The summed E-state index contributed by atoms with van der Waals surface area (Å²) in [4.78, 5) is 19.1. The van der Waals surface area contributed by atoms with Crippen molar-refractivity contribution in [2.24, 2.45) is 5.41 Å². The summed E-state index contributed by atoms with van der Waals surface area (Å²) in [5.41, 5.74) is 2.26. The Labute approximate surface area is 136 Å². The van der Waals surface area contributed by atoms with Crippen LogP contribution >= 0.6 is 0 Å². The van der Waals surface area contributed by atoms with Gasteiger partial charge < -0.3 is 5.32 Å². The number of rotatable bonds is 3. The van der Waals surface area contributed by atoms with Gasteiger partial charge in [0.2, 0.25) is 5.91 Å². The van der Waals surface area contributed by atoms with Crippen LogP contribution in [-0.2, 0) is 11.3 Å². The number of likely N-dealkylation sites (tertiary alicyclic amines) is 1. The fraction of sp³-hybridized carbons (Fsp3) is 0.368. The van der Waals surface area contributed by atoms with Gasteiger partial charge in [0.15, 0.2) is 0 Å². The van der Waals surface area contributed by atoms with Crippen LogP contribution in [0.1, 0.15) is 23.5 Å². The zero-order valence-corrected chi connectivity index (χ0v) is 13.1. The number of hydrogen-bond acceptors (Lipinski definition) is 3. The highest BCUT2D eigenvalue weighted by molar-refractivity contribution is 5.86. The van der Waals surface area contributed by atoms with Gasteiger partial charge in [-0.15, -0.1) is 0 Å². The molecule has 23 heavy (non-hydrogen) atoms. The monoisotopic (exact) mass is 307 g/mol. The van der Waals surface area contributed by atoms with Crippen molar-refractivity contribution in [2.45, 2.75) is 18.9 Å². The lowest BCUT2D eigenvalue weighted by molar-refractivity contribution is -0.127. The average Bonchev–Trinajstić information content (AvgIpc) is 3.14. The van der Waals surface area contributed by atoms with Gasteiger partial charge in [-0.2, -0.15) is 0 Å². The topological polar surface area (TPSA) is 45.2 Å². The lowest BCUT2D eigenvalue weighted by Crippen LogP contribution is -2.37. The number of carbonyl (C=O) groups is 1. The SMILES string of the molecule is O=C1NCC[C@]12CN(Cc1ccncc1)C[C@H]2c1ccccc1. The average molecular weight is 307 g/mol. The predicted octanol–water partition coefficient (Wildman–Crippen LogP) is 2.19. The minimum absolute atomic E-state index is 0.226. The number of amides is 1. The molecule has 0 aliphatic carbocycles. The van der Waals surface area contributed by atoms with Gasteiger partial charge in [-0.3, -0.25) is 14.7 Å². The summed E-state index contributed by atoms with van der Waals surface area (Å²) < 4.78 is 0. The quantitative estimate of drug-likeness (QED) is 0.945. The molecule has 2 aliphatic rings. The first-order valence-corrected chi connectivity index (χ1v) is 8.22. The third-order valence-corrected chi connectivity index (χ3v) is 5.28. The van der Waals surface area contributed by atoms with Crippen molar-refractivity contribution in [3.63, 3.8) is 0 Å². The van der Waals surface area contributed by atoms with Crippen molar-refractivity contribution >= 4 is 5.91 Å². The summed E-state index contributed by atoms with van der Waals surface area (Å²) in [6, 6.07) is 14.6. The summed E-state index contributed by atoms with van der Waals surface area (Å²) in [5.74, 6) is 0.497. The number of pyridine rings is 1. The van der Waals surface area contributed by atoms with Crippen LogP contribution in [0.5, 0.6) is 0 Å². The van der Waals surface area contributed by atoms with E-state index >= 15 is 0 Å². The molecule has 2 saturated heterocycles. The zero-order valence-electron chi connectivity index (χ0n) is 13.1. The third-order valence-electron chi connectivity index (χ3n) is 5.28. The molecule has 4 nitrogen and oxygen atoms in total. The van der Waals surface area contributed by atoms with E-state index < -0.39 is 0 Å². The number of nitrogens with one attached hydrogen (secondary N) is 1. The molecule has 1 N–H and O–H groups in total. The number of benzene rings is 1. The molecule has 0 bridgehead atoms. The summed E-state index contributed by atoms with van der Waals surface area (Å²) >= 11 is 0. The maximum absolute atomic E-state index is 12.6. The number of nitrogens with zero attached hydrogens (tertiary/aromatic N) is 2. The standard InChI is InChI=1S/C19H21N3O/c23-18-19(8-11-21-18)14-22(12-15-6-9-20-10-7-15)13-17(19)16-4-2-1-3-5-16/h1-7,9-10,17H,8,11-14H2,(H,21,23)/t17-,19+/m0/s1. The summed E-state index contributed by atoms with van der Waals surface area (Å²) in [5, 5.41) is 3.06. The second kappa shape index (κ2) is 5.78. The highest BCUT2D eigenvalue weighted by Gasteiger charge is 2.54. The van der Waals surface area contributed by atoms with Gasteiger partial charge in [-0.05, 0) is 29.7 Å². The number of carbonyl (C=O) groups excluding carboxylic acids is 1. The Morgan fingerprint density at radius 2 is 1.96 bits per heavy atom. The third kappa shape index (κ3) is 2.53. The van der Waals surface area contributed by atoms with Gasteiger partial charge in [0.1, 0.15) is 0 Å². The van der Waals surface area contributed by atoms with Gasteiger partial charge in [0, 0.05) is 44.5 Å². The molecule has 0 radical (unpaired) electrons. The first kappa shape index (κ1) is 14.4. The summed E-state index contributed by atoms with van der Waals surface area (Å²) in [6.07, 6.45) is 4.59. The number of hydrogen-bond donors (Lipinski definition) is 1. The molecule has 4 heteroatoms. The van der Waals surface area contributed by atoms with Crippen LogP contribution < -0.4 is 5.32 Å². The molecule has 0 unspecified atom stereocenters. The van der Waals surface area contributed by atoms with Gasteiger partial charge in [0.05, 0.1) is 5.41 Å². The smallest absolute Gasteiger partial charge is 0.228 e. The van der Waals surface area contributed by atoms with Crippen molar-refractivity contribution in [2.75, 3.05) is 19.6 Å². The van der Waals surface area contributed by atoms with Crippen LogP contribution in [0.2, 0.25) is 0 Å². The molecule has 2 aromatic rings. The first-order valence-electron chi connectivity index (χ1n) is 8.22. The van der Waals surface area contributed by atoms with Crippen LogP contribution in [0, 0.1) is 5.41 Å². The van der Waals surface area contributed by atoms with Gasteiger partial charge in [-0.1, -0.05) is 30.3 Å². The minimum Gasteiger partial charge on any atom is -0.356 e. The summed E-state index contributed by atoms with van der Waals surface area (Å²) in [7, 11) is 0. The fourth-order valence-electron chi connectivity index (χ4n) is 4.16. The molecule has 3 heterocycles. The molecule has 4 rings (SSSR count). The Bertz CT molecular complexity index is 688. The Kier molecular flexibility index (Phi) is 3.62. The van der Waals surface area contributed by atoms with E-state index in [1.807, 2.05) is 18.5 Å². The van der Waals surface area contributed by atoms with E-state index in [0.29, 0.717) is 0 Å². The van der Waals surface area contributed by atoms with Gasteiger partial charge in [-0.25, -0.2) is 0 Å².